The molecule has 4 nitrogen and oxygen atoms in total. The van der Waals surface area contributed by atoms with Crippen molar-refractivity contribution >= 4 is 30.2 Å². The minimum Gasteiger partial charge on any atom is -0.543 e. The summed E-state index contributed by atoms with van der Waals surface area (Å²) in [4.78, 5) is 12.1. The molecule has 0 aliphatic heterocycles. The molecular formula is C19H32BrNO3Si. The van der Waals surface area contributed by atoms with Crippen LogP contribution in [0.2, 0.25) is 18.1 Å². The molecule has 0 aliphatic carbocycles. The van der Waals surface area contributed by atoms with Crippen LogP contribution in [0.15, 0.2) is 22.7 Å². The zero-order valence-corrected chi connectivity index (χ0v) is 19.3. The zero-order chi connectivity index (χ0) is 19.6. The molecule has 0 radical (unpaired) electrons. The number of esters is 1. The van der Waals surface area contributed by atoms with Crippen molar-refractivity contribution in [3.63, 3.8) is 0 Å². The van der Waals surface area contributed by atoms with Crippen LogP contribution >= 0.6 is 15.9 Å². The summed E-state index contributed by atoms with van der Waals surface area (Å²) in [5, 5.41) is 0.118. The molecule has 25 heavy (non-hydrogen) atoms. The Morgan fingerprint density at radius 1 is 1.20 bits per heavy atom. The van der Waals surface area contributed by atoms with E-state index >= 15 is 0 Å². The summed E-state index contributed by atoms with van der Waals surface area (Å²) in [5.41, 5.74) is 6.44. The average molecular weight is 430 g/mol. The maximum absolute atomic E-state index is 12.1. The van der Waals surface area contributed by atoms with Gasteiger partial charge >= 0.3 is 5.97 Å². The van der Waals surface area contributed by atoms with Crippen molar-refractivity contribution < 1.29 is 14.0 Å². The van der Waals surface area contributed by atoms with Gasteiger partial charge in [0.25, 0.3) is 0 Å². The number of hydrogen-bond donors (Lipinski definition) is 1. The van der Waals surface area contributed by atoms with Crippen LogP contribution in [-0.4, -0.2) is 25.9 Å². The number of ether oxygens (including phenoxy) is 1. The molecule has 0 aromatic heterocycles. The van der Waals surface area contributed by atoms with Gasteiger partial charge in [-0.1, -0.05) is 36.7 Å². The number of halogens is 1. The monoisotopic (exact) mass is 429 g/mol. The van der Waals surface area contributed by atoms with Crippen molar-refractivity contribution in [1.29, 1.82) is 0 Å². The Labute approximate surface area is 161 Å². The van der Waals surface area contributed by atoms with Crippen molar-refractivity contribution in [2.75, 3.05) is 0 Å². The third-order valence-corrected chi connectivity index (χ3v) is 9.48. The van der Waals surface area contributed by atoms with Gasteiger partial charge in [0, 0.05) is 4.47 Å². The molecule has 0 saturated carbocycles. The maximum atomic E-state index is 12.1. The molecule has 1 aromatic rings. The molecule has 1 atom stereocenters. The first-order valence-corrected chi connectivity index (χ1v) is 12.3. The molecule has 0 aliphatic rings. The zero-order valence-electron chi connectivity index (χ0n) is 16.7. The van der Waals surface area contributed by atoms with Gasteiger partial charge in [-0.25, -0.2) is 0 Å². The summed E-state index contributed by atoms with van der Waals surface area (Å²) in [6.45, 7) is 16.5. The first kappa shape index (κ1) is 22.2. The van der Waals surface area contributed by atoms with E-state index in [-0.39, 0.29) is 5.04 Å². The Balaban J connectivity index is 2.94. The SMILES string of the molecule is CC(C)(C)OC(=O)[C@@H](N)Cc1cc(O[Si](C)(C)C(C)(C)C)ccc1Br. The van der Waals surface area contributed by atoms with Crippen LogP contribution in [0.3, 0.4) is 0 Å². The van der Waals surface area contributed by atoms with Gasteiger partial charge in [-0.05, 0) is 69.1 Å². The summed E-state index contributed by atoms with van der Waals surface area (Å²) in [7, 11) is -1.92. The molecule has 0 unspecified atom stereocenters. The Bertz CT molecular complexity index is 618. The highest BCUT2D eigenvalue weighted by Crippen LogP contribution is 2.38. The Morgan fingerprint density at radius 3 is 2.24 bits per heavy atom. The number of nitrogens with two attached hydrogens (primary N) is 1. The van der Waals surface area contributed by atoms with Gasteiger partial charge in [0.2, 0.25) is 8.32 Å². The van der Waals surface area contributed by atoms with Crippen LogP contribution < -0.4 is 10.2 Å². The first-order valence-electron chi connectivity index (χ1n) is 8.58. The van der Waals surface area contributed by atoms with Crippen LogP contribution in [0.25, 0.3) is 0 Å². The highest BCUT2D eigenvalue weighted by atomic mass is 79.9. The van der Waals surface area contributed by atoms with E-state index < -0.39 is 25.9 Å². The lowest BCUT2D eigenvalue weighted by Gasteiger charge is -2.36. The fourth-order valence-electron chi connectivity index (χ4n) is 1.92. The van der Waals surface area contributed by atoms with Crippen LogP contribution in [0.5, 0.6) is 5.75 Å². The molecule has 142 valence electrons. The van der Waals surface area contributed by atoms with E-state index in [0.29, 0.717) is 6.42 Å². The van der Waals surface area contributed by atoms with E-state index in [9.17, 15) is 4.79 Å². The van der Waals surface area contributed by atoms with Gasteiger partial charge in [-0.2, -0.15) is 0 Å². The summed E-state index contributed by atoms with van der Waals surface area (Å²) < 4.78 is 12.6. The van der Waals surface area contributed by atoms with E-state index in [1.54, 1.807) is 0 Å². The Morgan fingerprint density at radius 2 is 1.76 bits per heavy atom. The average Bonchev–Trinajstić information content (AvgIpc) is 2.38. The van der Waals surface area contributed by atoms with E-state index in [2.05, 4.69) is 49.8 Å². The van der Waals surface area contributed by atoms with Crippen molar-refractivity contribution in [2.24, 2.45) is 5.73 Å². The van der Waals surface area contributed by atoms with Crippen LogP contribution in [-0.2, 0) is 16.0 Å². The Hall–Kier alpha value is -0.853. The summed E-state index contributed by atoms with van der Waals surface area (Å²) in [5.74, 6) is 0.427. The summed E-state index contributed by atoms with van der Waals surface area (Å²) in [6, 6.07) is 5.15. The molecule has 1 rings (SSSR count). The van der Waals surface area contributed by atoms with Crippen molar-refractivity contribution in [3.8, 4) is 5.75 Å². The number of carbonyl (C=O) groups is 1. The minimum absolute atomic E-state index is 0.118. The molecule has 0 heterocycles. The molecule has 2 N–H and O–H groups in total. The number of rotatable bonds is 5. The van der Waals surface area contributed by atoms with Crippen LogP contribution in [0.1, 0.15) is 47.1 Å². The van der Waals surface area contributed by atoms with E-state index in [0.717, 1.165) is 15.8 Å². The second-order valence-electron chi connectivity index (χ2n) is 8.96. The lowest BCUT2D eigenvalue weighted by atomic mass is 10.1. The molecule has 0 bridgehead atoms. The third-order valence-electron chi connectivity index (χ3n) is 4.35. The number of carbonyl (C=O) groups excluding carboxylic acids is 1. The molecule has 0 saturated heterocycles. The van der Waals surface area contributed by atoms with Gasteiger partial charge < -0.3 is 14.9 Å². The Kier molecular flexibility index (Phi) is 6.92. The van der Waals surface area contributed by atoms with Crippen molar-refractivity contribution in [3.05, 3.63) is 28.2 Å². The summed E-state index contributed by atoms with van der Waals surface area (Å²) >= 11 is 3.54. The standard InChI is InChI=1S/C19H32BrNO3Si/c1-18(2,3)23-17(22)16(21)12-13-11-14(9-10-15(13)20)24-25(7,8)19(4,5)6/h9-11,16H,12,21H2,1-8H3/t16-/m0/s1. The van der Waals surface area contributed by atoms with Gasteiger partial charge in [0.1, 0.15) is 17.4 Å². The largest absolute Gasteiger partial charge is 0.543 e. The minimum atomic E-state index is -1.92. The molecule has 6 heteroatoms. The van der Waals surface area contributed by atoms with Gasteiger partial charge in [0.05, 0.1) is 0 Å². The fourth-order valence-corrected chi connectivity index (χ4v) is 3.35. The number of hydrogen-bond acceptors (Lipinski definition) is 4. The van der Waals surface area contributed by atoms with Crippen LogP contribution in [0, 0.1) is 0 Å². The number of benzene rings is 1. The smallest absolute Gasteiger partial charge is 0.323 e. The maximum Gasteiger partial charge on any atom is 0.323 e. The predicted octanol–water partition coefficient (Wildman–Crippen LogP) is 5.04. The lowest BCUT2D eigenvalue weighted by molar-refractivity contribution is -0.156. The van der Waals surface area contributed by atoms with Gasteiger partial charge in [-0.15, -0.1) is 0 Å². The molecule has 0 amide bonds. The third kappa shape index (κ3) is 6.75. The molecular weight excluding hydrogens is 398 g/mol. The van der Waals surface area contributed by atoms with Crippen molar-refractivity contribution in [2.45, 2.75) is 77.7 Å². The molecule has 0 fully saturated rings. The van der Waals surface area contributed by atoms with E-state index in [1.165, 1.54) is 0 Å². The first-order chi connectivity index (χ1) is 11.1. The normalized spacial score (nSPS) is 14.2. The van der Waals surface area contributed by atoms with Gasteiger partial charge in [0.15, 0.2) is 0 Å². The quantitative estimate of drug-likeness (QED) is 0.525. The fraction of sp³-hybridized carbons (Fsp3) is 0.632. The van der Waals surface area contributed by atoms with Crippen molar-refractivity contribution in [1.82, 2.24) is 0 Å². The molecule has 0 spiro atoms. The lowest BCUT2D eigenvalue weighted by Crippen LogP contribution is -2.43. The topological polar surface area (TPSA) is 61.5 Å². The predicted molar refractivity (Wildman–Crippen MR) is 109 cm³/mol. The van der Waals surface area contributed by atoms with Gasteiger partial charge in [-0.3, -0.25) is 4.79 Å². The van der Waals surface area contributed by atoms with Crippen LogP contribution in [0.4, 0.5) is 0 Å². The molecule has 1 aromatic carbocycles. The van der Waals surface area contributed by atoms with E-state index in [1.807, 2.05) is 39.0 Å². The highest BCUT2D eigenvalue weighted by molar-refractivity contribution is 9.10. The van der Waals surface area contributed by atoms with E-state index in [4.69, 9.17) is 14.9 Å². The highest BCUT2D eigenvalue weighted by Gasteiger charge is 2.39. The summed E-state index contributed by atoms with van der Waals surface area (Å²) in [6.07, 6.45) is 0.393. The second-order valence-corrected chi connectivity index (χ2v) is 14.5. The second kappa shape index (κ2) is 7.80.